The molecule has 96 valence electrons. The lowest BCUT2D eigenvalue weighted by atomic mass is 10.2. The van der Waals surface area contributed by atoms with E-state index in [0.29, 0.717) is 5.13 Å². The molecule has 0 saturated heterocycles. The number of aromatic nitrogens is 2. The first kappa shape index (κ1) is 13.9. The number of nitrogens with one attached hydrogen (secondary N) is 2. The minimum Gasteiger partial charge on any atom is -0.395 e. The number of aliphatic hydroxyl groups excluding tert-OH is 1. The van der Waals surface area contributed by atoms with E-state index in [1.54, 1.807) is 0 Å². The van der Waals surface area contributed by atoms with Crippen LogP contribution in [-0.2, 0) is 6.42 Å². The molecule has 17 heavy (non-hydrogen) atoms. The summed E-state index contributed by atoms with van der Waals surface area (Å²) in [6.45, 7) is 2.30. The summed E-state index contributed by atoms with van der Waals surface area (Å²) in [6.07, 6.45) is 4.36. The predicted octanol–water partition coefficient (Wildman–Crippen LogP) is 1.38. The van der Waals surface area contributed by atoms with Crippen molar-refractivity contribution < 1.29 is 9.90 Å². The highest BCUT2D eigenvalue weighted by molar-refractivity contribution is 7.15. The topological polar surface area (TPSA) is 87.1 Å². The number of amides is 2. The zero-order valence-corrected chi connectivity index (χ0v) is 10.7. The van der Waals surface area contributed by atoms with Crippen molar-refractivity contribution in [3.8, 4) is 0 Å². The molecule has 0 fully saturated rings. The molecular formula is C10H18N4O2S. The Hall–Kier alpha value is -1.21. The lowest BCUT2D eigenvalue weighted by Gasteiger charge is -2.01. The quantitative estimate of drug-likeness (QED) is 0.645. The predicted molar refractivity (Wildman–Crippen MR) is 67.2 cm³/mol. The van der Waals surface area contributed by atoms with Gasteiger partial charge in [-0.3, -0.25) is 5.32 Å². The van der Waals surface area contributed by atoms with Gasteiger partial charge >= 0.3 is 6.03 Å². The number of unbranched alkanes of at least 4 members (excludes halogenated alkanes) is 2. The van der Waals surface area contributed by atoms with Gasteiger partial charge in [0.25, 0.3) is 0 Å². The standard InChI is InChI=1S/C10H18N4O2S/c1-2-3-4-5-8-13-14-10(17-8)12-9(16)11-6-7-15/h15H,2-7H2,1H3,(H2,11,12,14,16). The molecule has 0 aromatic carbocycles. The van der Waals surface area contributed by atoms with Gasteiger partial charge in [0.1, 0.15) is 5.01 Å². The van der Waals surface area contributed by atoms with E-state index in [4.69, 9.17) is 5.11 Å². The molecule has 0 spiro atoms. The van der Waals surface area contributed by atoms with E-state index in [-0.39, 0.29) is 19.2 Å². The molecule has 1 aromatic heterocycles. The number of aryl methyl sites for hydroxylation is 1. The average Bonchev–Trinajstić information content (AvgIpc) is 2.74. The lowest BCUT2D eigenvalue weighted by Crippen LogP contribution is -2.30. The van der Waals surface area contributed by atoms with E-state index < -0.39 is 0 Å². The van der Waals surface area contributed by atoms with E-state index in [1.807, 2.05) is 0 Å². The van der Waals surface area contributed by atoms with Gasteiger partial charge in [0.15, 0.2) is 0 Å². The highest BCUT2D eigenvalue weighted by atomic mass is 32.1. The van der Waals surface area contributed by atoms with Crippen molar-refractivity contribution in [3.05, 3.63) is 5.01 Å². The van der Waals surface area contributed by atoms with Gasteiger partial charge < -0.3 is 10.4 Å². The van der Waals surface area contributed by atoms with Crippen LogP contribution in [0.2, 0.25) is 0 Å². The zero-order chi connectivity index (χ0) is 12.5. The highest BCUT2D eigenvalue weighted by Gasteiger charge is 2.06. The second-order valence-electron chi connectivity index (χ2n) is 3.56. The number of carbonyl (C=O) groups excluding carboxylic acids is 1. The third-order valence-corrected chi connectivity index (χ3v) is 2.98. The summed E-state index contributed by atoms with van der Waals surface area (Å²) in [5.41, 5.74) is 0. The van der Waals surface area contributed by atoms with Crippen molar-refractivity contribution in [1.82, 2.24) is 15.5 Å². The van der Waals surface area contributed by atoms with Gasteiger partial charge in [0.2, 0.25) is 5.13 Å². The molecule has 0 atom stereocenters. The van der Waals surface area contributed by atoms with Crippen LogP contribution in [0.1, 0.15) is 31.2 Å². The van der Waals surface area contributed by atoms with Crippen molar-refractivity contribution in [1.29, 1.82) is 0 Å². The Morgan fingerprint density at radius 3 is 2.94 bits per heavy atom. The molecule has 0 aliphatic carbocycles. The maximum absolute atomic E-state index is 11.2. The largest absolute Gasteiger partial charge is 0.395 e. The van der Waals surface area contributed by atoms with Crippen molar-refractivity contribution in [2.24, 2.45) is 0 Å². The summed E-state index contributed by atoms with van der Waals surface area (Å²) in [4.78, 5) is 11.2. The molecule has 0 unspecified atom stereocenters. The first-order valence-electron chi connectivity index (χ1n) is 5.74. The van der Waals surface area contributed by atoms with Crippen LogP contribution in [0.25, 0.3) is 0 Å². The van der Waals surface area contributed by atoms with Crippen LogP contribution in [0, 0.1) is 0 Å². The molecule has 0 bridgehead atoms. The van der Waals surface area contributed by atoms with E-state index in [1.165, 1.54) is 24.2 Å². The molecule has 1 rings (SSSR count). The third-order valence-electron chi connectivity index (χ3n) is 2.08. The number of hydrogen-bond donors (Lipinski definition) is 3. The second-order valence-corrected chi connectivity index (χ2v) is 4.62. The van der Waals surface area contributed by atoms with Crippen LogP contribution < -0.4 is 10.6 Å². The number of anilines is 1. The summed E-state index contributed by atoms with van der Waals surface area (Å²) in [7, 11) is 0. The molecular weight excluding hydrogens is 240 g/mol. The van der Waals surface area contributed by atoms with Crippen LogP contribution in [0.5, 0.6) is 0 Å². The number of rotatable bonds is 7. The fourth-order valence-electron chi connectivity index (χ4n) is 1.24. The SMILES string of the molecule is CCCCCc1nnc(NC(=O)NCCO)s1. The molecule has 7 heteroatoms. The zero-order valence-electron chi connectivity index (χ0n) is 9.90. The first-order valence-corrected chi connectivity index (χ1v) is 6.56. The molecule has 2 amide bonds. The van der Waals surface area contributed by atoms with Crippen LogP contribution in [-0.4, -0.2) is 34.5 Å². The van der Waals surface area contributed by atoms with Crippen molar-refractivity contribution in [2.75, 3.05) is 18.5 Å². The van der Waals surface area contributed by atoms with Gasteiger partial charge in [-0.15, -0.1) is 10.2 Å². The minimum absolute atomic E-state index is 0.0776. The number of nitrogens with zero attached hydrogens (tertiary/aromatic N) is 2. The number of hydrogen-bond acceptors (Lipinski definition) is 5. The maximum atomic E-state index is 11.2. The van der Waals surface area contributed by atoms with E-state index in [0.717, 1.165) is 17.8 Å². The number of urea groups is 1. The summed E-state index contributed by atoms with van der Waals surface area (Å²) < 4.78 is 0. The molecule has 0 aliphatic rings. The van der Waals surface area contributed by atoms with Crippen LogP contribution in [0.15, 0.2) is 0 Å². The molecule has 1 heterocycles. The van der Waals surface area contributed by atoms with Crippen LogP contribution >= 0.6 is 11.3 Å². The maximum Gasteiger partial charge on any atom is 0.321 e. The summed E-state index contributed by atoms with van der Waals surface area (Å²) >= 11 is 1.39. The Bertz CT molecular complexity index is 343. The van der Waals surface area contributed by atoms with Gasteiger partial charge in [-0.05, 0) is 6.42 Å². The Morgan fingerprint density at radius 2 is 2.24 bits per heavy atom. The van der Waals surface area contributed by atoms with Crippen LogP contribution in [0.3, 0.4) is 0 Å². The van der Waals surface area contributed by atoms with Crippen molar-refractivity contribution in [3.63, 3.8) is 0 Å². The van der Waals surface area contributed by atoms with Gasteiger partial charge in [0.05, 0.1) is 6.61 Å². The smallest absolute Gasteiger partial charge is 0.321 e. The van der Waals surface area contributed by atoms with Gasteiger partial charge in [-0.25, -0.2) is 4.79 Å². The number of carbonyl (C=O) groups is 1. The third kappa shape index (κ3) is 5.60. The molecule has 0 aliphatic heterocycles. The first-order chi connectivity index (χ1) is 8.26. The summed E-state index contributed by atoms with van der Waals surface area (Å²) in [6, 6.07) is -0.365. The van der Waals surface area contributed by atoms with E-state index in [2.05, 4.69) is 27.8 Å². The van der Waals surface area contributed by atoms with Gasteiger partial charge in [-0.1, -0.05) is 31.1 Å². The molecule has 3 N–H and O–H groups in total. The fraction of sp³-hybridized carbons (Fsp3) is 0.700. The monoisotopic (exact) mass is 258 g/mol. The molecule has 1 aromatic rings. The summed E-state index contributed by atoms with van der Waals surface area (Å²) in [5, 5.41) is 22.9. The van der Waals surface area contributed by atoms with Crippen LogP contribution in [0.4, 0.5) is 9.93 Å². The van der Waals surface area contributed by atoms with Gasteiger partial charge in [0, 0.05) is 13.0 Å². The Morgan fingerprint density at radius 1 is 1.41 bits per heavy atom. The fourth-order valence-corrected chi connectivity index (χ4v) is 2.02. The normalized spacial score (nSPS) is 10.2. The van der Waals surface area contributed by atoms with Crippen molar-refractivity contribution >= 4 is 22.5 Å². The Balaban J connectivity index is 2.32. The molecule has 0 radical (unpaired) electrons. The summed E-state index contributed by atoms with van der Waals surface area (Å²) in [5.74, 6) is 0. The van der Waals surface area contributed by atoms with E-state index in [9.17, 15) is 4.79 Å². The highest BCUT2D eigenvalue weighted by Crippen LogP contribution is 2.17. The second kappa shape index (κ2) is 7.97. The molecule has 6 nitrogen and oxygen atoms in total. The van der Waals surface area contributed by atoms with Gasteiger partial charge in [-0.2, -0.15) is 0 Å². The Kier molecular flexibility index (Phi) is 6.49. The van der Waals surface area contributed by atoms with Crippen molar-refractivity contribution in [2.45, 2.75) is 32.6 Å². The molecule has 0 saturated carbocycles. The Labute approximate surface area is 104 Å². The average molecular weight is 258 g/mol. The van der Waals surface area contributed by atoms with E-state index >= 15 is 0 Å². The lowest BCUT2D eigenvalue weighted by molar-refractivity contribution is 0.245. The minimum atomic E-state index is -0.365. The number of aliphatic hydroxyl groups is 1.